The van der Waals surface area contributed by atoms with E-state index < -0.39 is 0 Å². The molecule has 0 saturated carbocycles. The Balaban J connectivity index is 0.000000116. The lowest BCUT2D eigenvalue weighted by atomic mass is 9.73. The third-order valence-electron chi connectivity index (χ3n) is 25.1. The van der Waals surface area contributed by atoms with Crippen LogP contribution < -0.4 is 29.1 Å². The van der Waals surface area contributed by atoms with Gasteiger partial charge in [-0.3, -0.25) is 0 Å². The second-order valence-electron chi connectivity index (χ2n) is 34.0. The van der Waals surface area contributed by atoms with Gasteiger partial charge >= 0.3 is 0 Å². The van der Waals surface area contributed by atoms with E-state index in [2.05, 4.69) is 314 Å². The van der Waals surface area contributed by atoms with Crippen LogP contribution in [0.25, 0.3) is 102 Å². The van der Waals surface area contributed by atoms with Crippen LogP contribution in [0.5, 0.6) is 23.0 Å². The Hall–Kier alpha value is -17.3. The molecule has 0 fully saturated rings. The molecule has 3 aromatic heterocycles. The topological polar surface area (TPSA) is 122 Å². The SMILES string of the molecule is CC1(C)c2ccccc2N(c2ccc(-c3nc(-c4ccccc4)nc(-c4ccc(-c5ccccc5)cc4)n3)cc2)c2ccccc21.CC1(C)c2ccccc2N(c2ccc(-c3nc(-c4ccccc4)nc(-c4ccccc4)n3)cc2)c2ccccc21.c1ccc(-c2cccc(-c3cc(N4c5ccccc5Oc5ccccc54)cc(N4c5ccccc5Oc5ccccc54)c3)n2)cc1. The summed E-state index contributed by atoms with van der Waals surface area (Å²) in [7, 11) is 0. The first kappa shape index (κ1) is 80.5. The second kappa shape index (κ2) is 34.5. The minimum atomic E-state index is -0.0992. The number of benzene rings is 17. The van der Waals surface area contributed by atoms with E-state index in [0.29, 0.717) is 34.9 Å². The maximum Gasteiger partial charge on any atom is 0.164 e. The van der Waals surface area contributed by atoms with E-state index in [4.69, 9.17) is 44.4 Å². The first-order valence-electron chi connectivity index (χ1n) is 44.5. The minimum Gasteiger partial charge on any atom is -0.453 e. The molecule has 630 valence electrons. The lowest BCUT2D eigenvalue weighted by molar-refractivity contribution is 0.477. The zero-order chi connectivity index (χ0) is 88.6. The van der Waals surface area contributed by atoms with Gasteiger partial charge in [-0.15, -0.1) is 0 Å². The summed E-state index contributed by atoms with van der Waals surface area (Å²) in [6, 6.07) is 157. The Kier molecular flexibility index (Phi) is 21.0. The fraction of sp³-hybridized carbons (Fsp3) is 0.0504. The normalized spacial score (nSPS) is 13.0. The van der Waals surface area contributed by atoms with Crippen molar-refractivity contribution >= 4 is 68.2 Å². The number of hydrogen-bond acceptors (Lipinski definition) is 13. The van der Waals surface area contributed by atoms with Crippen LogP contribution in [0, 0.1) is 0 Å². The molecular formula is C119H87N11O2. The van der Waals surface area contributed by atoms with E-state index in [0.717, 1.165) is 130 Å². The van der Waals surface area contributed by atoms with Crippen LogP contribution in [0.2, 0.25) is 0 Å². The van der Waals surface area contributed by atoms with Crippen LogP contribution in [0.15, 0.2) is 455 Å². The molecule has 4 aliphatic rings. The standard InChI is InChI=1S/C42H32N4.C41H27N3O2.C36H28N4/c1-42(2)35-17-9-11-19-37(35)46(38-20-12-10-18-36(38)42)34-27-25-33(26-28-34)41-44-39(31-15-7-4-8-16-31)43-40(45-41)32-23-21-30(22-24-32)29-13-5-3-6-14-29;1-2-13-28(14-3-1)32-15-12-16-33(42-32)29-25-30(43-34-17-4-8-21-38(34)45-39-22-9-5-18-35(39)43)27-31(26-29)44-36-19-6-10-23-40(36)46-41-24-11-7-20-37(41)44;1-36(2)29-17-9-11-19-31(29)40(32-20-12-10-18-30(32)36)28-23-21-27(22-24-28)35-38-33(25-13-5-3-6-14-25)37-34(39-35)26-15-7-4-8-16-26/h3-28H,1-2H3;1-27H;3-24H,1-2H3. The number of hydrogen-bond donors (Lipinski definition) is 0. The highest BCUT2D eigenvalue weighted by atomic mass is 16.5. The van der Waals surface area contributed by atoms with Crippen molar-refractivity contribution in [2.75, 3.05) is 19.6 Å². The first-order valence-corrected chi connectivity index (χ1v) is 44.5. The molecule has 4 aliphatic heterocycles. The van der Waals surface area contributed by atoms with E-state index in [1.807, 2.05) is 188 Å². The number of ether oxygens (including phenoxy) is 2. The number of nitrogens with zero attached hydrogens (tertiary/aromatic N) is 11. The van der Waals surface area contributed by atoms with Crippen LogP contribution >= 0.6 is 0 Å². The number of aromatic nitrogens is 7. The second-order valence-corrected chi connectivity index (χ2v) is 34.0. The van der Waals surface area contributed by atoms with Crippen LogP contribution in [0.1, 0.15) is 49.9 Å². The van der Waals surface area contributed by atoms with Gasteiger partial charge in [-0.1, -0.05) is 331 Å². The summed E-state index contributed by atoms with van der Waals surface area (Å²) in [6.45, 7) is 9.23. The molecule has 0 spiro atoms. The highest BCUT2D eigenvalue weighted by Gasteiger charge is 2.39. The zero-order valence-electron chi connectivity index (χ0n) is 73.0. The summed E-state index contributed by atoms with van der Waals surface area (Å²) in [6.07, 6.45) is 0. The quantitative estimate of drug-likeness (QED) is 0.109. The Morgan fingerprint density at radius 2 is 0.386 bits per heavy atom. The monoisotopic (exact) mass is 1700 g/mol. The Morgan fingerprint density at radius 1 is 0.167 bits per heavy atom. The largest absolute Gasteiger partial charge is 0.453 e. The van der Waals surface area contributed by atoms with Crippen molar-refractivity contribution in [3.63, 3.8) is 0 Å². The molecule has 20 aromatic rings. The van der Waals surface area contributed by atoms with Gasteiger partial charge in [0.2, 0.25) is 0 Å². The van der Waals surface area contributed by atoms with Crippen molar-refractivity contribution in [1.82, 2.24) is 34.9 Å². The molecule has 7 heterocycles. The smallest absolute Gasteiger partial charge is 0.164 e. The average Bonchev–Trinajstić information content (AvgIpc) is 0.742. The molecule has 13 nitrogen and oxygen atoms in total. The predicted molar refractivity (Wildman–Crippen MR) is 536 cm³/mol. The molecule has 0 amide bonds. The third-order valence-corrected chi connectivity index (χ3v) is 25.1. The maximum atomic E-state index is 6.37. The van der Waals surface area contributed by atoms with Crippen molar-refractivity contribution in [3.05, 3.63) is 477 Å². The molecule has 0 unspecified atom stereocenters. The van der Waals surface area contributed by atoms with Gasteiger partial charge in [0.05, 0.1) is 56.9 Å². The van der Waals surface area contributed by atoms with Crippen molar-refractivity contribution < 1.29 is 9.47 Å². The van der Waals surface area contributed by atoms with Gasteiger partial charge in [0.25, 0.3) is 0 Å². The Labute approximate surface area is 767 Å². The Bertz CT molecular complexity index is 7290. The number of para-hydroxylation sites is 12. The molecule has 24 rings (SSSR count). The van der Waals surface area contributed by atoms with Gasteiger partial charge in [0.15, 0.2) is 57.9 Å². The van der Waals surface area contributed by atoms with Crippen molar-refractivity contribution in [1.29, 1.82) is 0 Å². The molecule has 17 aromatic carbocycles. The predicted octanol–water partition coefficient (Wildman–Crippen LogP) is 31.2. The average molecular weight is 1700 g/mol. The van der Waals surface area contributed by atoms with Crippen LogP contribution in [-0.2, 0) is 10.8 Å². The minimum absolute atomic E-state index is 0.0871. The lowest BCUT2D eigenvalue weighted by Gasteiger charge is -2.42. The zero-order valence-corrected chi connectivity index (χ0v) is 73.0. The fourth-order valence-electron chi connectivity index (χ4n) is 18.5. The van der Waals surface area contributed by atoms with Gasteiger partial charge in [0, 0.05) is 78.1 Å². The highest BCUT2D eigenvalue weighted by Crippen LogP contribution is 2.57. The molecule has 0 atom stereocenters. The van der Waals surface area contributed by atoms with Crippen LogP contribution in [-0.4, -0.2) is 34.9 Å². The maximum absolute atomic E-state index is 6.37. The summed E-state index contributed by atoms with van der Waals surface area (Å²) in [4.78, 5) is 44.0. The molecule has 0 aliphatic carbocycles. The van der Waals surface area contributed by atoms with Crippen LogP contribution in [0.4, 0.5) is 68.2 Å². The van der Waals surface area contributed by atoms with Crippen LogP contribution in [0.3, 0.4) is 0 Å². The molecule has 13 heteroatoms. The van der Waals surface area contributed by atoms with E-state index in [9.17, 15) is 0 Å². The lowest BCUT2D eigenvalue weighted by Crippen LogP contribution is -2.30. The van der Waals surface area contributed by atoms with Gasteiger partial charge in [-0.2, -0.15) is 0 Å². The van der Waals surface area contributed by atoms with E-state index in [-0.39, 0.29) is 10.8 Å². The van der Waals surface area contributed by atoms with Gasteiger partial charge < -0.3 is 29.1 Å². The summed E-state index contributed by atoms with van der Waals surface area (Å²) >= 11 is 0. The third kappa shape index (κ3) is 15.3. The van der Waals surface area contributed by atoms with Gasteiger partial charge in [0.1, 0.15) is 0 Å². The van der Waals surface area contributed by atoms with Gasteiger partial charge in [-0.05, 0) is 185 Å². The molecular weight excluding hydrogens is 1620 g/mol. The number of pyridine rings is 1. The summed E-state index contributed by atoms with van der Waals surface area (Å²) in [5.74, 6) is 7.14. The fourth-order valence-corrected chi connectivity index (χ4v) is 18.5. The Morgan fingerprint density at radius 3 is 0.697 bits per heavy atom. The summed E-state index contributed by atoms with van der Waals surface area (Å²) in [5.41, 5.74) is 29.8. The van der Waals surface area contributed by atoms with Crippen molar-refractivity contribution in [2.45, 2.75) is 38.5 Å². The van der Waals surface area contributed by atoms with E-state index >= 15 is 0 Å². The molecule has 0 saturated heterocycles. The van der Waals surface area contributed by atoms with Gasteiger partial charge in [-0.25, -0.2) is 34.9 Å². The highest BCUT2D eigenvalue weighted by molar-refractivity contribution is 5.95. The molecule has 0 radical (unpaired) electrons. The molecule has 0 bridgehead atoms. The summed E-state index contributed by atoms with van der Waals surface area (Å²) in [5, 5.41) is 0. The number of rotatable bonds is 13. The van der Waals surface area contributed by atoms with E-state index in [1.54, 1.807) is 0 Å². The van der Waals surface area contributed by atoms with E-state index in [1.165, 1.54) is 50.6 Å². The number of anilines is 12. The molecule has 0 N–H and O–H groups in total. The number of fused-ring (bicyclic) bond motifs is 8. The van der Waals surface area contributed by atoms with Crippen molar-refractivity contribution in [2.24, 2.45) is 0 Å². The first-order chi connectivity index (χ1) is 64.9. The summed E-state index contributed by atoms with van der Waals surface area (Å²) < 4.78 is 12.7. The van der Waals surface area contributed by atoms with Crippen molar-refractivity contribution in [3.8, 4) is 125 Å². The molecule has 132 heavy (non-hydrogen) atoms.